The molecule has 0 saturated carbocycles. The summed E-state index contributed by atoms with van der Waals surface area (Å²) in [7, 11) is 1.59. The van der Waals surface area contributed by atoms with Crippen LogP contribution in [0, 0.1) is 0 Å². The van der Waals surface area contributed by atoms with E-state index >= 15 is 0 Å². The van der Waals surface area contributed by atoms with Gasteiger partial charge in [0, 0.05) is 25.4 Å². The van der Waals surface area contributed by atoms with Crippen LogP contribution in [0.5, 0.6) is 0 Å². The average molecular weight is 357 g/mol. The summed E-state index contributed by atoms with van der Waals surface area (Å²) in [4.78, 5) is 30.3. The van der Waals surface area contributed by atoms with Crippen LogP contribution in [0.2, 0.25) is 0 Å². The number of pyridine rings is 1. The first-order valence-electron chi connectivity index (χ1n) is 7.93. The Morgan fingerprint density at radius 1 is 1.32 bits per heavy atom. The molecule has 0 saturated heterocycles. The molecule has 6 nitrogen and oxygen atoms in total. The molecule has 2 aromatic rings. The van der Waals surface area contributed by atoms with Crippen LogP contribution in [-0.4, -0.2) is 42.8 Å². The molecule has 2 amide bonds. The number of rotatable bonds is 6. The number of amides is 2. The van der Waals surface area contributed by atoms with Crippen molar-refractivity contribution in [3.05, 3.63) is 53.7 Å². The summed E-state index contributed by atoms with van der Waals surface area (Å²) in [6, 6.07) is 11.0. The Labute approximate surface area is 150 Å². The Balaban J connectivity index is 1.69. The third-order valence-electron chi connectivity index (χ3n) is 3.82. The lowest BCUT2D eigenvalue weighted by atomic mass is 10.1. The maximum Gasteiger partial charge on any atom is 0.251 e. The van der Waals surface area contributed by atoms with E-state index in [0.29, 0.717) is 31.0 Å². The third kappa shape index (κ3) is 4.18. The van der Waals surface area contributed by atoms with E-state index in [-0.39, 0.29) is 11.8 Å². The van der Waals surface area contributed by atoms with Gasteiger partial charge in [-0.15, -0.1) is 0 Å². The molecule has 130 valence electrons. The van der Waals surface area contributed by atoms with Crippen LogP contribution in [0.3, 0.4) is 0 Å². The summed E-state index contributed by atoms with van der Waals surface area (Å²) < 4.78 is 4.91. The van der Waals surface area contributed by atoms with E-state index in [1.165, 1.54) is 11.8 Å². The van der Waals surface area contributed by atoms with Gasteiger partial charge in [0.25, 0.3) is 5.91 Å². The van der Waals surface area contributed by atoms with Gasteiger partial charge in [0.2, 0.25) is 5.91 Å². The molecule has 1 aliphatic heterocycles. The molecule has 7 heteroatoms. The zero-order valence-corrected chi connectivity index (χ0v) is 14.7. The van der Waals surface area contributed by atoms with Gasteiger partial charge in [0.05, 0.1) is 24.6 Å². The lowest BCUT2D eigenvalue weighted by Gasteiger charge is -2.28. The summed E-state index contributed by atoms with van der Waals surface area (Å²) in [5, 5.41) is 3.65. The number of ether oxygens (including phenoxy) is 1. The molecule has 3 rings (SSSR count). The third-order valence-corrected chi connectivity index (χ3v) is 4.80. The number of thioether (sulfide) groups is 1. The van der Waals surface area contributed by atoms with E-state index in [1.54, 1.807) is 30.3 Å². The fourth-order valence-electron chi connectivity index (χ4n) is 2.53. The van der Waals surface area contributed by atoms with Gasteiger partial charge in [0.1, 0.15) is 5.03 Å². The van der Waals surface area contributed by atoms with Gasteiger partial charge in [-0.2, -0.15) is 0 Å². The molecule has 0 bridgehead atoms. The number of hydrogen-bond acceptors (Lipinski definition) is 5. The van der Waals surface area contributed by atoms with Crippen molar-refractivity contribution in [1.82, 2.24) is 10.3 Å². The first-order chi connectivity index (χ1) is 12.2. The molecular weight excluding hydrogens is 338 g/mol. The molecule has 0 unspecified atom stereocenters. The van der Waals surface area contributed by atoms with Crippen LogP contribution in [0.4, 0.5) is 5.69 Å². The predicted octanol–water partition coefficient (Wildman–Crippen LogP) is 2.10. The van der Waals surface area contributed by atoms with Crippen LogP contribution in [0.25, 0.3) is 0 Å². The molecule has 1 N–H and O–H groups in total. The Kier molecular flexibility index (Phi) is 5.67. The molecule has 25 heavy (non-hydrogen) atoms. The number of carbonyl (C=O) groups is 2. The molecule has 1 aliphatic rings. The predicted molar refractivity (Wildman–Crippen MR) is 96.8 cm³/mol. The summed E-state index contributed by atoms with van der Waals surface area (Å²) in [6.07, 6.45) is 1.73. The lowest BCUT2D eigenvalue weighted by Crippen LogP contribution is -2.35. The van der Waals surface area contributed by atoms with Crippen molar-refractivity contribution in [2.24, 2.45) is 0 Å². The maximum absolute atomic E-state index is 12.3. The highest BCUT2D eigenvalue weighted by molar-refractivity contribution is 8.00. The minimum atomic E-state index is -0.136. The fourth-order valence-corrected chi connectivity index (χ4v) is 3.41. The van der Waals surface area contributed by atoms with Crippen molar-refractivity contribution < 1.29 is 14.3 Å². The second kappa shape index (κ2) is 8.13. The summed E-state index contributed by atoms with van der Waals surface area (Å²) >= 11 is 1.46. The van der Waals surface area contributed by atoms with Gasteiger partial charge >= 0.3 is 0 Å². The van der Waals surface area contributed by atoms with Gasteiger partial charge < -0.3 is 15.0 Å². The normalized spacial score (nSPS) is 13.5. The highest BCUT2D eigenvalue weighted by Gasteiger charge is 2.25. The highest BCUT2D eigenvalue weighted by atomic mass is 32.2. The van der Waals surface area contributed by atoms with Crippen molar-refractivity contribution in [1.29, 1.82) is 0 Å². The van der Waals surface area contributed by atoms with E-state index in [4.69, 9.17) is 4.74 Å². The van der Waals surface area contributed by atoms with Crippen molar-refractivity contribution in [3.8, 4) is 0 Å². The lowest BCUT2D eigenvalue weighted by molar-refractivity contribution is -0.116. The Bertz CT molecular complexity index is 764. The average Bonchev–Trinajstić information content (AvgIpc) is 2.65. The Morgan fingerprint density at radius 3 is 2.88 bits per heavy atom. The number of anilines is 1. The Hall–Kier alpha value is -2.38. The van der Waals surface area contributed by atoms with Crippen LogP contribution < -0.4 is 10.2 Å². The maximum atomic E-state index is 12.3. The SMILES string of the molecule is COCCNC(=O)c1ccc(CN2C(=O)CSc3ncccc32)cc1. The van der Waals surface area contributed by atoms with Crippen molar-refractivity contribution in [3.63, 3.8) is 0 Å². The number of hydrogen-bond donors (Lipinski definition) is 1. The summed E-state index contributed by atoms with van der Waals surface area (Å²) in [6.45, 7) is 1.41. The quantitative estimate of drug-likeness (QED) is 0.802. The van der Waals surface area contributed by atoms with E-state index in [1.807, 2.05) is 24.3 Å². The van der Waals surface area contributed by atoms with Gasteiger partial charge in [-0.3, -0.25) is 9.59 Å². The van der Waals surface area contributed by atoms with E-state index in [9.17, 15) is 9.59 Å². The zero-order valence-electron chi connectivity index (χ0n) is 13.9. The second-order valence-electron chi connectivity index (χ2n) is 5.54. The van der Waals surface area contributed by atoms with E-state index in [0.717, 1.165) is 16.3 Å². The van der Waals surface area contributed by atoms with E-state index in [2.05, 4.69) is 10.3 Å². The minimum absolute atomic E-state index is 0.0619. The fraction of sp³-hybridized carbons (Fsp3) is 0.278. The molecular formula is C18H19N3O3S. The van der Waals surface area contributed by atoms with Gasteiger partial charge in [-0.25, -0.2) is 4.98 Å². The van der Waals surface area contributed by atoms with Crippen molar-refractivity contribution >= 4 is 29.3 Å². The molecule has 0 atom stereocenters. The summed E-state index contributed by atoms with van der Waals surface area (Å²) in [5.74, 6) is 0.319. The molecule has 0 aliphatic carbocycles. The molecule has 0 spiro atoms. The Morgan fingerprint density at radius 2 is 2.12 bits per heavy atom. The van der Waals surface area contributed by atoms with Gasteiger partial charge in [-0.05, 0) is 29.8 Å². The highest BCUT2D eigenvalue weighted by Crippen LogP contribution is 2.33. The molecule has 2 heterocycles. The van der Waals surface area contributed by atoms with Crippen LogP contribution >= 0.6 is 11.8 Å². The molecule has 1 aromatic heterocycles. The van der Waals surface area contributed by atoms with Gasteiger partial charge in [-0.1, -0.05) is 23.9 Å². The largest absolute Gasteiger partial charge is 0.383 e. The standard InChI is InChI=1S/C18H19N3O3S/c1-24-10-9-19-17(23)14-6-4-13(5-7-14)11-21-15-3-2-8-20-18(15)25-12-16(21)22/h2-8H,9-12H2,1H3,(H,19,23). The minimum Gasteiger partial charge on any atom is -0.383 e. The number of fused-ring (bicyclic) bond motifs is 1. The van der Waals surface area contributed by atoms with E-state index < -0.39 is 0 Å². The zero-order chi connectivity index (χ0) is 17.6. The number of aromatic nitrogens is 1. The molecule has 0 fully saturated rings. The smallest absolute Gasteiger partial charge is 0.251 e. The number of carbonyl (C=O) groups excluding carboxylic acids is 2. The molecule has 0 radical (unpaired) electrons. The topological polar surface area (TPSA) is 71.5 Å². The number of benzene rings is 1. The van der Waals surface area contributed by atoms with Gasteiger partial charge in [0.15, 0.2) is 0 Å². The monoisotopic (exact) mass is 357 g/mol. The van der Waals surface area contributed by atoms with Crippen molar-refractivity contribution in [2.75, 3.05) is 30.9 Å². The number of methoxy groups -OCH3 is 1. The van der Waals surface area contributed by atoms with Crippen LogP contribution in [-0.2, 0) is 16.1 Å². The van der Waals surface area contributed by atoms with Crippen LogP contribution in [0.1, 0.15) is 15.9 Å². The second-order valence-corrected chi connectivity index (χ2v) is 6.51. The first-order valence-corrected chi connectivity index (χ1v) is 8.92. The molecule has 1 aromatic carbocycles. The number of nitrogens with one attached hydrogen (secondary N) is 1. The number of nitrogens with zero attached hydrogens (tertiary/aromatic N) is 2. The summed E-state index contributed by atoms with van der Waals surface area (Å²) in [5.41, 5.74) is 2.39. The van der Waals surface area contributed by atoms with Crippen molar-refractivity contribution in [2.45, 2.75) is 11.6 Å². The van der Waals surface area contributed by atoms with Crippen LogP contribution in [0.15, 0.2) is 47.6 Å². The first kappa shape index (κ1) is 17.4.